The summed E-state index contributed by atoms with van der Waals surface area (Å²) in [5.41, 5.74) is 6.02. The highest BCUT2D eigenvalue weighted by atomic mass is 79.9. The maximum atomic E-state index is 13.1. The number of nitrogens with zero attached hydrogens (tertiary/aromatic N) is 3. The van der Waals surface area contributed by atoms with Gasteiger partial charge >= 0.3 is 5.69 Å². The zero-order valence-electron chi connectivity index (χ0n) is 18.5. The van der Waals surface area contributed by atoms with Gasteiger partial charge in [-0.3, -0.25) is 4.57 Å². The first-order valence-electron chi connectivity index (χ1n) is 10.8. The summed E-state index contributed by atoms with van der Waals surface area (Å²) >= 11 is 3.61. The lowest BCUT2D eigenvalue weighted by molar-refractivity contribution is 0.686. The van der Waals surface area contributed by atoms with E-state index in [1.807, 2.05) is 62.4 Å². The zero-order chi connectivity index (χ0) is 23.2. The van der Waals surface area contributed by atoms with Crippen LogP contribution in [0.1, 0.15) is 30.7 Å². The molecule has 0 radical (unpaired) electrons. The van der Waals surface area contributed by atoms with Crippen LogP contribution in [0.4, 0.5) is 5.69 Å². The van der Waals surface area contributed by atoms with Gasteiger partial charge in [0.15, 0.2) is 0 Å². The van der Waals surface area contributed by atoms with Crippen molar-refractivity contribution in [3.05, 3.63) is 105 Å². The maximum absolute atomic E-state index is 13.1. The lowest BCUT2D eigenvalue weighted by atomic mass is 9.86. The van der Waals surface area contributed by atoms with Crippen LogP contribution in [-0.4, -0.2) is 9.55 Å². The molecule has 0 unspecified atom stereocenters. The minimum absolute atomic E-state index is 0.167. The molecule has 0 amide bonds. The largest absolute Gasteiger partial charge is 0.361 e. The molecule has 33 heavy (non-hydrogen) atoms. The van der Waals surface area contributed by atoms with Gasteiger partial charge in [-0.05, 0) is 55.3 Å². The fraction of sp³-hybridized carbons (Fsp3) is 0.185. The van der Waals surface area contributed by atoms with Gasteiger partial charge in [0.2, 0.25) is 0 Å². The van der Waals surface area contributed by atoms with E-state index in [2.05, 4.69) is 56.1 Å². The van der Waals surface area contributed by atoms with Crippen molar-refractivity contribution in [2.45, 2.75) is 32.4 Å². The Morgan fingerprint density at radius 3 is 2.48 bits per heavy atom. The van der Waals surface area contributed by atoms with Gasteiger partial charge in [0, 0.05) is 22.3 Å². The van der Waals surface area contributed by atoms with Crippen LogP contribution in [0.15, 0.2) is 82.1 Å². The molecule has 1 aliphatic heterocycles. The molecular formula is C27H23BrN4O. The molecule has 0 saturated heterocycles. The number of hydrogen-bond acceptors (Lipinski definition) is 3. The van der Waals surface area contributed by atoms with Gasteiger partial charge in [-0.1, -0.05) is 58.4 Å². The molecule has 5 rings (SSSR count). The molecule has 1 aromatic heterocycles. The first kappa shape index (κ1) is 21.3. The number of halogens is 1. The van der Waals surface area contributed by atoms with Crippen molar-refractivity contribution >= 4 is 21.6 Å². The molecular weight excluding hydrogens is 476 g/mol. The van der Waals surface area contributed by atoms with Gasteiger partial charge in [0.25, 0.3) is 0 Å². The van der Waals surface area contributed by atoms with Crippen LogP contribution in [0.3, 0.4) is 0 Å². The summed E-state index contributed by atoms with van der Waals surface area (Å²) in [5, 5.41) is 9.45. The smallest absolute Gasteiger partial charge is 0.330 e. The summed E-state index contributed by atoms with van der Waals surface area (Å²) in [6.45, 7) is 5.14. The quantitative estimate of drug-likeness (QED) is 0.379. The maximum Gasteiger partial charge on any atom is 0.330 e. The molecule has 6 heteroatoms. The van der Waals surface area contributed by atoms with Gasteiger partial charge in [-0.25, -0.2) is 4.79 Å². The predicted molar refractivity (Wildman–Crippen MR) is 134 cm³/mol. The number of nitrogens with one attached hydrogen (secondary N) is 1. The van der Waals surface area contributed by atoms with Crippen molar-refractivity contribution in [1.82, 2.24) is 9.55 Å². The molecule has 3 aromatic carbocycles. The highest BCUT2D eigenvalue weighted by Crippen LogP contribution is 2.41. The summed E-state index contributed by atoms with van der Waals surface area (Å²) < 4.78 is 2.70. The minimum Gasteiger partial charge on any atom is -0.361 e. The van der Waals surface area contributed by atoms with Crippen LogP contribution < -0.4 is 10.6 Å². The SMILES string of the molecule is CC(C)(C#N)c1ccc(-n2c3c([nH]c2=O)CN(Cc2ccccc2)c2ccc(Br)cc2-3)cc1. The monoisotopic (exact) mass is 498 g/mol. The Balaban J connectivity index is 1.62. The molecule has 2 heterocycles. The van der Waals surface area contributed by atoms with Crippen molar-refractivity contribution < 1.29 is 0 Å². The van der Waals surface area contributed by atoms with Gasteiger partial charge in [-0.15, -0.1) is 0 Å². The van der Waals surface area contributed by atoms with Crippen molar-refractivity contribution in [3.63, 3.8) is 0 Å². The molecule has 5 nitrogen and oxygen atoms in total. The van der Waals surface area contributed by atoms with Gasteiger partial charge in [0.1, 0.15) is 0 Å². The van der Waals surface area contributed by atoms with E-state index in [9.17, 15) is 10.1 Å². The topological polar surface area (TPSA) is 64.8 Å². The zero-order valence-corrected chi connectivity index (χ0v) is 20.1. The first-order chi connectivity index (χ1) is 15.9. The second-order valence-corrected chi connectivity index (χ2v) is 9.80. The van der Waals surface area contributed by atoms with Crippen LogP contribution in [0, 0.1) is 11.3 Å². The number of aromatic nitrogens is 2. The van der Waals surface area contributed by atoms with Crippen LogP contribution >= 0.6 is 15.9 Å². The number of fused-ring (bicyclic) bond motifs is 3. The number of hydrogen-bond donors (Lipinski definition) is 1. The Kier molecular flexibility index (Phi) is 5.22. The van der Waals surface area contributed by atoms with Crippen LogP contribution in [0.2, 0.25) is 0 Å². The van der Waals surface area contributed by atoms with Crippen LogP contribution in [0.25, 0.3) is 16.9 Å². The number of aromatic amines is 1. The summed E-state index contributed by atoms with van der Waals surface area (Å²) in [4.78, 5) is 18.5. The lowest BCUT2D eigenvalue weighted by Gasteiger charge is -2.32. The Bertz CT molecular complexity index is 1430. The van der Waals surface area contributed by atoms with E-state index in [0.29, 0.717) is 6.54 Å². The molecule has 0 spiro atoms. The van der Waals surface area contributed by atoms with E-state index in [0.717, 1.165) is 44.9 Å². The Morgan fingerprint density at radius 1 is 1.06 bits per heavy atom. The lowest BCUT2D eigenvalue weighted by Crippen LogP contribution is -2.26. The Morgan fingerprint density at radius 2 is 1.79 bits per heavy atom. The number of nitriles is 1. The summed E-state index contributed by atoms with van der Waals surface area (Å²) in [5.74, 6) is 0. The molecule has 0 aliphatic carbocycles. The van der Waals surface area contributed by atoms with Crippen molar-refractivity contribution in [2.75, 3.05) is 4.90 Å². The summed E-state index contributed by atoms with van der Waals surface area (Å²) in [7, 11) is 0. The molecule has 164 valence electrons. The van der Waals surface area contributed by atoms with E-state index in [1.54, 1.807) is 4.57 Å². The number of imidazole rings is 1. The molecule has 0 bridgehead atoms. The highest BCUT2D eigenvalue weighted by Gasteiger charge is 2.28. The number of rotatable bonds is 4. The third-order valence-corrected chi connectivity index (χ3v) is 6.71. The van der Waals surface area contributed by atoms with Gasteiger partial charge < -0.3 is 9.88 Å². The number of anilines is 1. The first-order valence-corrected chi connectivity index (χ1v) is 11.6. The predicted octanol–water partition coefficient (Wildman–Crippen LogP) is 5.92. The summed E-state index contributed by atoms with van der Waals surface area (Å²) in [6.07, 6.45) is 0. The fourth-order valence-electron chi connectivity index (χ4n) is 4.41. The second-order valence-electron chi connectivity index (χ2n) is 8.88. The average molecular weight is 499 g/mol. The molecule has 0 atom stereocenters. The normalized spacial score (nSPS) is 12.7. The van der Waals surface area contributed by atoms with Gasteiger partial charge in [-0.2, -0.15) is 5.26 Å². The molecule has 1 N–H and O–H groups in total. The standard InChI is InChI=1S/C27H23BrN4O/c1-27(2,17-29)19-8-11-21(12-9-19)32-25-22-14-20(28)10-13-24(22)31(16-23(25)30-26(32)33)15-18-6-4-3-5-7-18/h3-14H,15-16H2,1-2H3,(H,30,33). The van der Waals surface area contributed by atoms with Crippen molar-refractivity contribution in [1.29, 1.82) is 5.26 Å². The molecule has 1 aliphatic rings. The second kappa shape index (κ2) is 8.09. The summed E-state index contributed by atoms with van der Waals surface area (Å²) in [6, 6.07) is 26.6. The third kappa shape index (κ3) is 3.79. The number of benzene rings is 3. The highest BCUT2D eigenvalue weighted by molar-refractivity contribution is 9.10. The van der Waals surface area contributed by atoms with E-state index >= 15 is 0 Å². The van der Waals surface area contributed by atoms with Crippen molar-refractivity contribution in [2.24, 2.45) is 0 Å². The Hall–Kier alpha value is -3.56. The fourth-order valence-corrected chi connectivity index (χ4v) is 4.77. The Labute approximate surface area is 201 Å². The van der Waals surface area contributed by atoms with Crippen LogP contribution in [0.5, 0.6) is 0 Å². The average Bonchev–Trinajstić information content (AvgIpc) is 3.15. The van der Waals surface area contributed by atoms with E-state index in [-0.39, 0.29) is 5.69 Å². The van der Waals surface area contributed by atoms with E-state index in [4.69, 9.17) is 0 Å². The molecule has 4 aromatic rings. The van der Waals surface area contributed by atoms with E-state index < -0.39 is 5.41 Å². The number of H-pyrrole nitrogens is 1. The molecule has 0 saturated carbocycles. The van der Waals surface area contributed by atoms with Crippen molar-refractivity contribution in [3.8, 4) is 23.0 Å². The van der Waals surface area contributed by atoms with Crippen LogP contribution in [-0.2, 0) is 18.5 Å². The van der Waals surface area contributed by atoms with Gasteiger partial charge in [0.05, 0.1) is 35.1 Å². The minimum atomic E-state index is -0.587. The third-order valence-electron chi connectivity index (χ3n) is 6.22. The molecule has 0 fully saturated rings. The van der Waals surface area contributed by atoms with E-state index in [1.165, 1.54) is 5.56 Å².